The molecule has 1 heterocycles. The lowest BCUT2D eigenvalue weighted by Gasteiger charge is -2.09. The molecule has 0 amide bonds. The Balaban J connectivity index is 2.42. The highest BCUT2D eigenvalue weighted by Gasteiger charge is 2.23. The second-order valence-corrected chi connectivity index (χ2v) is 7.19. The van der Waals surface area contributed by atoms with Crippen LogP contribution in [0.3, 0.4) is 0 Å². The molecule has 0 fully saturated rings. The number of halogens is 2. The molecule has 1 aromatic carbocycles. The number of sulfonamides is 1. The number of hydrogen-bond acceptors (Lipinski definition) is 6. The Labute approximate surface area is 130 Å². The third kappa shape index (κ3) is 3.49. The molecule has 0 aliphatic carbocycles. The van der Waals surface area contributed by atoms with Crippen LogP contribution in [0.1, 0.15) is 17.5 Å². The van der Waals surface area contributed by atoms with E-state index >= 15 is 0 Å². The summed E-state index contributed by atoms with van der Waals surface area (Å²) in [5.74, 6) is -0.922. The molecule has 0 aliphatic heterocycles. The van der Waals surface area contributed by atoms with Crippen LogP contribution in [0.5, 0.6) is 0 Å². The monoisotopic (exact) mass is 350 g/mol. The smallest absolute Gasteiger partial charge is 0.266 e. The first-order valence-corrected chi connectivity index (χ1v) is 8.58. The van der Waals surface area contributed by atoms with Gasteiger partial charge < -0.3 is 5.73 Å². The molecule has 2 rings (SSSR count). The van der Waals surface area contributed by atoms with E-state index in [9.17, 15) is 12.8 Å². The average molecular weight is 351 g/mol. The molecular formula is C11H12ClFN4O2S2. The number of anilines is 1. The Morgan fingerprint density at radius 2 is 2.14 bits per heavy atom. The first kappa shape index (κ1) is 16.1. The fraction of sp³-hybridized carbons (Fsp3) is 0.273. The van der Waals surface area contributed by atoms with E-state index in [-0.39, 0.29) is 22.3 Å². The summed E-state index contributed by atoms with van der Waals surface area (Å²) in [4.78, 5) is -0.566. The second-order valence-electron chi connectivity index (χ2n) is 4.04. The van der Waals surface area contributed by atoms with Gasteiger partial charge in [0.25, 0.3) is 10.0 Å². The van der Waals surface area contributed by atoms with Gasteiger partial charge in [-0.1, -0.05) is 29.9 Å². The molecule has 0 aliphatic rings. The van der Waals surface area contributed by atoms with Gasteiger partial charge in [-0.2, -0.15) is 0 Å². The number of hydrogen-bond donors (Lipinski definition) is 2. The second kappa shape index (κ2) is 6.22. The number of nitrogens with two attached hydrogens (primary N) is 1. The summed E-state index contributed by atoms with van der Waals surface area (Å²) >= 11 is 6.88. The summed E-state index contributed by atoms with van der Waals surface area (Å²) in [6, 6.07) is 2.32. The standard InChI is InChI=1S/C11H12ClFN4O2S2/c1-2-9-15-16-11(20-9)17-21(18,19)8-4-7(12)3-6(5-14)10(8)13/h3-4H,2,5,14H2,1H3,(H,16,17). The van der Waals surface area contributed by atoms with E-state index in [1.807, 2.05) is 6.92 Å². The van der Waals surface area contributed by atoms with Crippen LogP contribution in [0.25, 0.3) is 0 Å². The third-order valence-corrected chi connectivity index (χ3v) is 5.25. The van der Waals surface area contributed by atoms with Crippen molar-refractivity contribution in [2.75, 3.05) is 4.72 Å². The summed E-state index contributed by atoms with van der Waals surface area (Å²) in [7, 11) is -4.15. The molecule has 0 spiro atoms. The van der Waals surface area contributed by atoms with Crippen molar-refractivity contribution in [2.24, 2.45) is 5.73 Å². The zero-order valence-corrected chi connectivity index (χ0v) is 13.3. The molecular weight excluding hydrogens is 339 g/mol. The van der Waals surface area contributed by atoms with Gasteiger partial charge in [-0.05, 0) is 18.6 Å². The van der Waals surface area contributed by atoms with Crippen molar-refractivity contribution in [3.8, 4) is 0 Å². The SMILES string of the molecule is CCc1nnc(NS(=O)(=O)c2cc(Cl)cc(CN)c2F)s1. The maximum Gasteiger partial charge on any atom is 0.266 e. The van der Waals surface area contributed by atoms with Crippen molar-refractivity contribution < 1.29 is 12.8 Å². The molecule has 114 valence electrons. The molecule has 0 bridgehead atoms. The van der Waals surface area contributed by atoms with E-state index in [0.717, 1.165) is 17.4 Å². The predicted octanol–water partition coefficient (Wildman–Crippen LogP) is 2.15. The Hall–Kier alpha value is -1.29. The molecule has 1 aromatic heterocycles. The highest BCUT2D eigenvalue weighted by atomic mass is 35.5. The molecule has 10 heteroatoms. The summed E-state index contributed by atoms with van der Waals surface area (Å²) in [5.41, 5.74) is 5.39. The Bertz CT molecular complexity index is 764. The average Bonchev–Trinajstić information content (AvgIpc) is 2.87. The molecule has 3 N–H and O–H groups in total. The largest absolute Gasteiger partial charge is 0.326 e. The minimum Gasteiger partial charge on any atom is -0.326 e. The van der Waals surface area contributed by atoms with Gasteiger partial charge >= 0.3 is 0 Å². The highest BCUT2D eigenvalue weighted by molar-refractivity contribution is 7.93. The van der Waals surface area contributed by atoms with Gasteiger partial charge in [0, 0.05) is 17.1 Å². The van der Waals surface area contributed by atoms with Crippen LogP contribution >= 0.6 is 22.9 Å². The minimum absolute atomic E-state index is 0.0226. The van der Waals surface area contributed by atoms with Crippen LogP contribution < -0.4 is 10.5 Å². The fourth-order valence-electron chi connectivity index (χ4n) is 1.57. The van der Waals surface area contributed by atoms with E-state index in [1.165, 1.54) is 6.07 Å². The first-order valence-electron chi connectivity index (χ1n) is 5.90. The van der Waals surface area contributed by atoms with E-state index in [0.29, 0.717) is 11.4 Å². The molecule has 0 radical (unpaired) electrons. The molecule has 0 unspecified atom stereocenters. The fourth-order valence-corrected chi connectivity index (χ4v) is 3.93. The van der Waals surface area contributed by atoms with Crippen LogP contribution in [0.15, 0.2) is 17.0 Å². The lowest BCUT2D eigenvalue weighted by Crippen LogP contribution is -2.16. The summed E-state index contributed by atoms with van der Waals surface area (Å²) in [6.07, 6.45) is 0.627. The van der Waals surface area contributed by atoms with Crippen molar-refractivity contribution in [3.05, 3.63) is 33.5 Å². The molecule has 6 nitrogen and oxygen atoms in total. The van der Waals surface area contributed by atoms with Gasteiger partial charge in [0.2, 0.25) is 5.13 Å². The van der Waals surface area contributed by atoms with Gasteiger partial charge in [0.05, 0.1) is 0 Å². The van der Waals surface area contributed by atoms with Crippen molar-refractivity contribution in [1.29, 1.82) is 0 Å². The summed E-state index contributed by atoms with van der Waals surface area (Å²) < 4.78 is 40.8. The van der Waals surface area contributed by atoms with Crippen LogP contribution in [0, 0.1) is 5.82 Å². The number of nitrogens with zero attached hydrogens (tertiary/aromatic N) is 2. The Morgan fingerprint density at radius 1 is 1.43 bits per heavy atom. The zero-order chi connectivity index (χ0) is 15.6. The number of rotatable bonds is 5. The van der Waals surface area contributed by atoms with E-state index in [4.69, 9.17) is 17.3 Å². The van der Waals surface area contributed by atoms with Crippen molar-refractivity contribution in [1.82, 2.24) is 10.2 Å². The van der Waals surface area contributed by atoms with Gasteiger partial charge in [-0.25, -0.2) is 12.8 Å². The number of aromatic nitrogens is 2. The molecule has 0 saturated carbocycles. The van der Waals surface area contributed by atoms with Gasteiger partial charge in [0.15, 0.2) is 0 Å². The zero-order valence-electron chi connectivity index (χ0n) is 10.9. The van der Waals surface area contributed by atoms with E-state index in [2.05, 4.69) is 14.9 Å². The van der Waals surface area contributed by atoms with E-state index in [1.54, 1.807) is 0 Å². The van der Waals surface area contributed by atoms with Gasteiger partial charge in [-0.3, -0.25) is 4.72 Å². The molecule has 0 atom stereocenters. The third-order valence-electron chi connectivity index (χ3n) is 2.58. The highest BCUT2D eigenvalue weighted by Crippen LogP contribution is 2.26. The van der Waals surface area contributed by atoms with Gasteiger partial charge in [0.1, 0.15) is 15.7 Å². The lowest BCUT2D eigenvalue weighted by atomic mass is 10.2. The van der Waals surface area contributed by atoms with Gasteiger partial charge in [-0.15, -0.1) is 10.2 Å². The molecule has 21 heavy (non-hydrogen) atoms. The van der Waals surface area contributed by atoms with Crippen LogP contribution in [0.2, 0.25) is 5.02 Å². The quantitative estimate of drug-likeness (QED) is 0.861. The molecule has 2 aromatic rings. The summed E-state index contributed by atoms with van der Waals surface area (Å²) in [5, 5.41) is 8.30. The van der Waals surface area contributed by atoms with Crippen molar-refractivity contribution >= 4 is 38.1 Å². The van der Waals surface area contributed by atoms with Crippen molar-refractivity contribution in [3.63, 3.8) is 0 Å². The van der Waals surface area contributed by atoms with Crippen LogP contribution in [0.4, 0.5) is 9.52 Å². The normalized spacial score (nSPS) is 11.6. The Morgan fingerprint density at radius 3 is 2.71 bits per heavy atom. The summed E-state index contributed by atoms with van der Waals surface area (Å²) in [6.45, 7) is 1.71. The van der Waals surface area contributed by atoms with Crippen molar-refractivity contribution in [2.45, 2.75) is 24.8 Å². The maximum atomic E-state index is 14.1. The Kier molecular flexibility index (Phi) is 4.77. The lowest BCUT2D eigenvalue weighted by molar-refractivity contribution is 0.561. The topological polar surface area (TPSA) is 98.0 Å². The number of nitrogens with one attached hydrogen (secondary N) is 1. The van der Waals surface area contributed by atoms with Crippen LogP contribution in [-0.4, -0.2) is 18.6 Å². The first-order chi connectivity index (χ1) is 9.87. The van der Waals surface area contributed by atoms with Crippen LogP contribution in [-0.2, 0) is 23.0 Å². The predicted molar refractivity (Wildman–Crippen MR) is 79.4 cm³/mol. The minimum atomic E-state index is -4.15. The van der Waals surface area contributed by atoms with E-state index < -0.39 is 20.7 Å². The maximum absolute atomic E-state index is 14.1. The molecule has 0 saturated heterocycles. The number of benzene rings is 1. The number of aryl methyl sites for hydroxylation is 1.